The van der Waals surface area contributed by atoms with Gasteiger partial charge in [-0.1, -0.05) is 6.08 Å². The molecule has 0 unspecified atom stereocenters. The summed E-state index contributed by atoms with van der Waals surface area (Å²) in [6, 6.07) is 0. The molecule has 1 fully saturated rings. The Bertz CT molecular complexity index is 613. The van der Waals surface area contributed by atoms with Crippen molar-refractivity contribution in [2.24, 2.45) is 0 Å². The quantitative estimate of drug-likeness (QED) is 0.839. The predicted molar refractivity (Wildman–Crippen MR) is 83.6 cm³/mol. The first kappa shape index (κ1) is 14.2. The van der Waals surface area contributed by atoms with Gasteiger partial charge in [-0.05, 0) is 39.8 Å². The lowest BCUT2D eigenvalue weighted by Gasteiger charge is -2.32. The molecule has 0 bridgehead atoms. The summed E-state index contributed by atoms with van der Waals surface area (Å²) in [7, 11) is -0.384. The van der Waals surface area contributed by atoms with E-state index >= 15 is 0 Å². The monoisotopic (exact) mass is 285 g/mol. The van der Waals surface area contributed by atoms with Gasteiger partial charge in [0.1, 0.15) is 0 Å². The Morgan fingerprint density at radius 1 is 1.14 bits per heavy atom. The van der Waals surface area contributed by atoms with Crippen molar-refractivity contribution in [2.75, 3.05) is 0 Å². The van der Waals surface area contributed by atoms with Crippen molar-refractivity contribution in [1.82, 2.24) is 15.1 Å². The molecule has 0 amide bonds. The highest BCUT2D eigenvalue weighted by Crippen LogP contribution is 2.36. The standard InChI is InChI=1S/C15H20BN3O2/c1-14(2)15(3,4)21-16(20-14)12-9-18-19(11-12)13-7-5-6-8-17-10-13/h5-11,17H,1-4H3. The molecule has 0 saturated carbocycles. The molecule has 5 nitrogen and oxygen atoms in total. The number of aromatic nitrogens is 2. The van der Waals surface area contributed by atoms with Crippen LogP contribution in [0.25, 0.3) is 5.70 Å². The third kappa shape index (κ3) is 2.56. The van der Waals surface area contributed by atoms with Gasteiger partial charge in [-0.25, -0.2) is 4.68 Å². The molecule has 1 saturated heterocycles. The molecule has 2 aliphatic rings. The van der Waals surface area contributed by atoms with Gasteiger partial charge < -0.3 is 14.6 Å². The maximum atomic E-state index is 6.03. The lowest BCUT2D eigenvalue weighted by molar-refractivity contribution is 0.00578. The van der Waals surface area contributed by atoms with Gasteiger partial charge in [-0.2, -0.15) is 5.10 Å². The van der Waals surface area contributed by atoms with Crippen LogP contribution in [0, 0.1) is 0 Å². The van der Waals surface area contributed by atoms with Gasteiger partial charge in [-0.3, -0.25) is 0 Å². The Labute approximate surface area is 125 Å². The number of nitrogens with one attached hydrogen (secondary N) is 1. The Morgan fingerprint density at radius 2 is 1.86 bits per heavy atom. The smallest absolute Gasteiger partial charge is 0.399 e. The van der Waals surface area contributed by atoms with Crippen molar-refractivity contribution >= 4 is 18.3 Å². The predicted octanol–water partition coefficient (Wildman–Crippen LogP) is 1.65. The van der Waals surface area contributed by atoms with Crippen LogP contribution in [0.2, 0.25) is 0 Å². The molecule has 1 aromatic rings. The zero-order valence-corrected chi connectivity index (χ0v) is 12.8. The summed E-state index contributed by atoms with van der Waals surface area (Å²) in [5.41, 5.74) is 1.18. The molecule has 1 N–H and O–H groups in total. The van der Waals surface area contributed by atoms with Crippen molar-refractivity contribution in [3.63, 3.8) is 0 Å². The van der Waals surface area contributed by atoms with Crippen LogP contribution in [-0.4, -0.2) is 28.1 Å². The van der Waals surface area contributed by atoms with Crippen LogP contribution in [0.1, 0.15) is 27.7 Å². The third-order valence-corrected chi connectivity index (χ3v) is 4.19. The van der Waals surface area contributed by atoms with E-state index < -0.39 is 0 Å². The molecule has 3 rings (SSSR count). The average molecular weight is 285 g/mol. The van der Waals surface area contributed by atoms with E-state index in [0.29, 0.717) is 0 Å². The molecule has 0 spiro atoms. The Kier molecular flexibility index (Phi) is 3.30. The van der Waals surface area contributed by atoms with Crippen molar-refractivity contribution in [2.45, 2.75) is 38.9 Å². The van der Waals surface area contributed by atoms with E-state index in [-0.39, 0.29) is 18.3 Å². The summed E-state index contributed by atoms with van der Waals surface area (Å²) in [6.45, 7) is 8.18. The largest absolute Gasteiger partial charge is 0.498 e. The Hall–Kier alpha value is -1.79. The first-order valence-corrected chi connectivity index (χ1v) is 7.09. The van der Waals surface area contributed by atoms with E-state index in [9.17, 15) is 0 Å². The molecule has 1 aromatic heterocycles. The summed E-state index contributed by atoms with van der Waals surface area (Å²) in [5, 5.41) is 7.46. The van der Waals surface area contributed by atoms with E-state index in [4.69, 9.17) is 9.31 Å². The number of allylic oxidation sites excluding steroid dienone is 4. The number of nitrogens with zero attached hydrogens (tertiary/aromatic N) is 2. The van der Waals surface area contributed by atoms with Crippen LogP contribution in [0.3, 0.4) is 0 Å². The topological polar surface area (TPSA) is 48.3 Å². The fourth-order valence-corrected chi connectivity index (χ4v) is 2.17. The van der Waals surface area contributed by atoms with Crippen molar-refractivity contribution < 1.29 is 9.31 Å². The highest BCUT2D eigenvalue weighted by Gasteiger charge is 2.52. The van der Waals surface area contributed by atoms with Gasteiger partial charge in [-0.15, -0.1) is 0 Å². The second-order valence-electron chi connectivity index (χ2n) is 6.26. The van der Waals surface area contributed by atoms with Crippen LogP contribution in [0.5, 0.6) is 0 Å². The summed E-state index contributed by atoms with van der Waals surface area (Å²) < 4.78 is 13.9. The second kappa shape index (κ2) is 4.89. The molecule has 110 valence electrons. The number of hydrogen-bond acceptors (Lipinski definition) is 4. The molecule has 21 heavy (non-hydrogen) atoms. The van der Waals surface area contributed by atoms with E-state index in [0.717, 1.165) is 11.2 Å². The zero-order chi connectivity index (χ0) is 15.1. The lowest BCUT2D eigenvalue weighted by atomic mass is 9.82. The number of rotatable bonds is 2. The molecule has 3 heterocycles. The first-order valence-electron chi connectivity index (χ1n) is 7.09. The van der Waals surface area contributed by atoms with Gasteiger partial charge >= 0.3 is 7.12 Å². The maximum Gasteiger partial charge on any atom is 0.498 e. The minimum Gasteiger partial charge on any atom is -0.399 e. The summed E-state index contributed by atoms with van der Waals surface area (Å²) >= 11 is 0. The van der Waals surface area contributed by atoms with Crippen LogP contribution in [0.4, 0.5) is 0 Å². The van der Waals surface area contributed by atoms with Gasteiger partial charge in [0.2, 0.25) is 0 Å². The average Bonchev–Trinajstić information content (AvgIpc) is 2.83. The molecule has 2 aliphatic heterocycles. The maximum absolute atomic E-state index is 6.03. The molecule has 0 atom stereocenters. The van der Waals surface area contributed by atoms with Crippen molar-refractivity contribution in [1.29, 1.82) is 0 Å². The van der Waals surface area contributed by atoms with Crippen LogP contribution < -0.4 is 10.8 Å². The molecule has 0 radical (unpaired) electrons. The van der Waals surface area contributed by atoms with Gasteiger partial charge in [0.25, 0.3) is 0 Å². The second-order valence-corrected chi connectivity index (χ2v) is 6.26. The van der Waals surface area contributed by atoms with Gasteiger partial charge in [0, 0.05) is 30.3 Å². The Balaban J connectivity index is 1.82. The summed E-state index contributed by atoms with van der Waals surface area (Å²) in [5.74, 6) is 0. The minimum atomic E-state index is -0.384. The van der Waals surface area contributed by atoms with Crippen molar-refractivity contribution in [3.05, 3.63) is 43.0 Å². The SMILES string of the molecule is CC1(C)OB(c2cnn(C3=CNC=CC=C3)c2)OC1(C)C. The van der Waals surface area contributed by atoms with E-state index in [1.807, 2.05) is 64.5 Å². The summed E-state index contributed by atoms with van der Waals surface area (Å²) in [4.78, 5) is 0. The van der Waals surface area contributed by atoms with E-state index in [2.05, 4.69) is 10.4 Å². The molecule has 0 aromatic carbocycles. The minimum absolute atomic E-state index is 0.341. The highest BCUT2D eigenvalue weighted by molar-refractivity contribution is 6.62. The molecule has 0 aliphatic carbocycles. The van der Waals surface area contributed by atoms with Crippen LogP contribution in [-0.2, 0) is 9.31 Å². The summed E-state index contributed by atoms with van der Waals surface area (Å²) in [6.07, 6.45) is 13.4. The molecular weight excluding hydrogens is 265 g/mol. The fourth-order valence-electron chi connectivity index (χ4n) is 2.17. The van der Waals surface area contributed by atoms with Crippen LogP contribution >= 0.6 is 0 Å². The molecule has 6 heteroatoms. The Morgan fingerprint density at radius 3 is 2.57 bits per heavy atom. The van der Waals surface area contributed by atoms with Gasteiger partial charge in [0.15, 0.2) is 0 Å². The van der Waals surface area contributed by atoms with Crippen molar-refractivity contribution in [3.8, 4) is 0 Å². The zero-order valence-electron chi connectivity index (χ0n) is 12.8. The third-order valence-electron chi connectivity index (χ3n) is 4.19. The molecular formula is C15H20BN3O2. The highest BCUT2D eigenvalue weighted by atomic mass is 16.7. The van der Waals surface area contributed by atoms with Crippen LogP contribution in [0.15, 0.2) is 43.0 Å². The fraction of sp³-hybridized carbons (Fsp3) is 0.400. The lowest BCUT2D eigenvalue weighted by Crippen LogP contribution is -2.41. The first-order chi connectivity index (χ1) is 9.89. The normalized spacial score (nSPS) is 22.9. The van der Waals surface area contributed by atoms with Gasteiger partial charge in [0.05, 0.1) is 16.9 Å². The number of hydrogen-bond donors (Lipinski definition) is 1. The van der Waals surface area contributed by atoms with E-state index in [1.54, 1.807) is 10.9 Å². The van der Waals surface area contributed by atoms with E-state index in [1.165, 1.54) is 0 Å².